The maximum absolute atomic E-state index is 13.7. The van der Waals surface area contributed by atoms with E-state index in [1.165, 1.54) is 18.3 Å². The van der Waals surface area contributed by atoms with Crippen molar-refractivity contribution in [3.05, 3.63) is 40.9 Å². The van der Waals surface area contributed by atoms with E-state index >= 15 is 0 Å². The van der Waals surface area contributed by atoms with Crippen molar-refractivity contribution in [1.29, 1.82) is 0 Å². The van der Waals surface area contributed by atoms with E-state index < -0.39 is 11.7 Å². The number of amides is 1. The summed E-state index contributed by atoms with van der Waals surface area (Å²) in [4.78, 5) is 11.5. The summed E-state index contributed by atoms with van der Waals surface area (Å²) >= 11 is 5.66. The molecule has 0 fully saturated rings. The lowest BCUT2D eigenvalue weighted by atomic mass is 10.3. The van der Waals surface area contributed by atoms with Gasteiger partial charge in [-0.15, -0.1) is 5.10 Å². The van der Waals surface area contributed by atoms with Gasteiger partial charge in [-0.1, -0.05) is 22.9 Å². The predicted octanol–water partition coefficient (Wildman–Crippen LogP) is 0.782. The number of aromatic nitrogens is 3. The minimum atomic E-state index is -0.642. The fourth-order valence-corrected chi connectivity index (χ4v) is 1.58. The van der Waals surface area contributed by atoms with Gasteiger partial charge in [0.1, 0.15) is 5.69 Å². The maximum Gasteiger partial charge on any atom is 0.273 e. The van der Waals surface area contributed by atoms with Crippen LogP contribution in [0.2, 0.25) is 5.02 Å². The third-order valence-corrected chi connectivity index (χ3v) is 2.59. The van der Waals surface area contributed by atoms with Crippen LogP contribution >= 0.6 is 11.6 Å². The van der Waals surface area contributed by atoms with Crippen LogP contribution in [0.25, 0.3) is 5.69 Å². The zero-order chi connectivity index (χ0) is 13.8. The molecule has 0 spiro atoms. The van der Waals surface area contributed by atoms with E-state index in [1.807, 2.05) is 0 Å². The normalized spacial score (nSPS) is 10.5. The molecule has 1 heterocycles. The molecule has 0 unspecified atom stereocenters. The van der Waals surface area contributed by atoms with Crippen LogP contribution < -0.4 is 5.32 Å². The molecule has 6 nitrogen and oxygen atoms in total. The molecule has 0 aliphatic rings. The smallest absolute Gasteiger partial charge is 0.273 e. The van der Waals surface area contributed by atoms with Gasteiger partial charge in [0.25, 0.3) is 5.91 Å². The molecule has 2 rings (SSSR count). The topological polar surface area (TPSA) is 80.0 Å². The van der Waals surface area contributed by atoms with E-state index in [0.29, 0.717) is 0 Å². The Morgan fingerprint density at radius 2 is 2.32 bits per heavy atom. The first-order chi connectivity index (χ1) is 9.13. The van der Waals surface area contributed by atoms with Gasteiger partial charge in [-0.25, -0.2) is 9.07 Å². The molecule has 1 aromatic heterocycles. The molecule has 8 heteroatoms. The van der Waals surface area contributed by atoms with E-state index in [2.05, 4.69) is 15.6 Å². The zero-order valence-corrected chi connectivity index (χ0v) is 10.4. The number of hydrogen-bond acceptors (Lipinski definition) is 4. The Kier molecular flexibility index (Phi) is 4.08. The lowest BCUT2D eigenvalue weighted by Crippen LogP contribution is -2.26. The number of benzene rings is 1. The standard InChI is InChI=1S/C11H10ClFN4O2/c12-7-2-1-3-9(10(7)13)17-6-8(15-16-17)11(19)14-4-5-18/h1-3,6,18H,4-5H2,(H,14,19). The number of nitrogens with one attached hydrogen (secondary N) is 1. The van der Waals surface area contributed by atoms with Crippen LogP contribution in [-0.4, -0.2) is 39.2 Å². The zero-order valence-electron chi connectivity index (χ0n) is 9.68. The molecule has 1 amide bonds. The van der Waals surface area contributed by atoms with E-state index in [9.17, 15) is 9.18 Å². The minimum absolute atomic E-state index is 0.0211. The quantitative estimate of drug-likeness (QED) is 0.869. The molecule has 0 bridgehead atoms. The van der Waals surface area contributed by atoms with Crippen molar-refractivity contribution in [2.24, 2.45) is 0 Å². The highest BCUT2D eigenvalue weighted by Gasteiger charge is 2.14. The molecule has 0 saturated heterocycles. The molecule has 0 aliphatic carbocycles. The van der Waals surface area contributed by atoms with Crippen LogP contribution in [0.3, 0.4) is 0 Å². The average Bonchev–Trinajstić information content (AvgIpc) is 2.88. The highest BCUT2D eigenvalue weighted by Crippen LogP contribution is 2.20. The summed E-state index contributed by atoms with van der Waals surface area (Å²) in [5, 5.41) is 18.3. The SMILES string of the molecule is O=C(NCCO)c1cn(-c2cccc(Cl)c2F)nn1. The van der Waals surface area contributed by atoms with Gasteiger partial charge in [0.05, 0.1) is 17.8 Å². The van der Waals surface area contributed by atoms with Crippen molar-refractivity contribution in [3.63, 3.8) is 0 Å². The van der Waals surface area contributed by atoms with E-state index in [4.69, 9.17) is 16.7 Å². The molecule has 0 aliphatic heterocycles. The van der Waals surface area contributed by atoms with Crippen molar-refractivity contribution in [2.45, 2.75) is 0 Å². The molecule has 0 saturated carbocycles. The number of aliphatic hydroxyl groups is 1. The van der Waals surface area contributed by atoms with Gasteiger partial charge in [-0.05, 0) is 12.1 Å². The van der Waals surface area contributed by atoms with E-state index in [1.54, 1.807) is 6.07 Å². The highest BCUT2D eigenvalue weighted by molar-refractivity contribution is 6.30. The van der Waals surface area contributed by atoms with Crippen molar-refractivity contribution < 1.29 is 14.3 Å². The third kappa shape index (κ3) is 2.88. The fourth-order valence-electron chi connectivity index (χ4n) is 1.41. The Morgan fingerprint density at radius 3 is 3.05 bits per heavy atom. The number of carbonyl (C=O) groups is 1. The Balaban J connectivity index is 2.26. The number of halogens is 2. The number of rotatable bonds is 4. The van der Waals surface area contributed by atoms with Gasteiger partial charge in [0, 0.05) is 6.54 Å². The van der Waals surface area contributed by atoms with Gasteiger partial charge in [0.15, 0.2) is 11.5 Å². The van der Waals surface area contributed by atoms with E-state index in [-0.39, 0.29) is 29.6 Å². The highest BCUT2D eigenvalue weighted by atomic mass is 35.5. The number of hydrogen-bond donors (Lipinski definition) is 2. The van der Waals surface area contributed by atoms with Crippen molar-refractivity contribution in [1.82, 2.24) is 20.3 Å². The number of carbonyl (C=O) groups excluding carboxylic acids is 1. The Labute approximate surface area is 112 Å². The van der Waals surface area contributed by atoms with Crippen LogP contribution in [0, 0.1) is 5.82 Å². The summed E-state index contributed by atoms with van der Waals surface area (Å²) in [5.41, 5.74) is 0.119. The summed E-state index contributed by atoms with van der Waals surface area (Å²) in [7, 11) is 0. The second-order valence-electron chi connectivity index (χ2n) is 3.60. The Morgan fingerprint density at radius 1 is 1.53 bits per heavy atom. The van der Waals surface area contributed by atoms with E-state index in [0.717, 1.165) is 4.68 Å². The van der Waals surface area contributed by atoms with Crippen LogP contribution in [-0.2, 0) is 0 Å². The molecular weight excluding hydrogens is 275 g/mol. The summed E-state index contributed by atoms with van der Waals surface area (Å²) in [6.45, 7) is -0.0694. The van der Waals surface area contributed by atoms with Crippen LogP contribution in [0.4, 0.5) is 4.39 Å². The van der Waals surface area contributed by atoms with Gasteiger partial charge in [0.2, 0.25) is 0 Å². The third-order valence-electron chi connectivity index (χ3n) is 2.30. The Hall–Kier alpha value is -1.99. The van der Waals surface area contributed by atoms with Gasteiger partial charge < -0.3 is 10.4 Å². The van der Waals surface area contributed by atoms with Gasteiger partial charge in [-0.2, -0.15) is 0 Å². The molecule has 100 valence electrons. The largest absolute Gasteiger partial charge is 0.395 e. The van der Waals surface area contributed by atoms with Crippen LogP contribution in [0.15, 0.2) is 24.4 Å². The number of aliphatic hydroxyl groups excluding tert-OH is 1. The lowest BCUT2D eigenvalue weighted by molar-refractivity contribution is 0.0939. The first-order valence-electron chi connectivity index (χ1n) is 5.39. The molecule has 2 N–H and O–H groups in total. The summed E-state index contributed by atoms with van der Waals surface area (Å²) in [6, 6.07) is 4.44. The van der Waals surface area contributed by atoms with Crippen molar-refractivity contribution in [2.75, 3.05) is 13.2 Å². The summed E-state index contributed by atoms with van der Waals surface area (Å²) in [6.07, 6.45) is 1.28. The summed E-state index contributed by atoms with van der Waals surface area (Å²) in [5.74, 6) is -1.14. The lowest BCUT2D eigenvalue weighted by Gasteiger charge is -2.02. The first-order valence-corrected chi connectivity index (χ1v) is 5.77. The van der Waals surface area contributed by atoms with Gasteiger partial charge in [-0.3, -0.25) is 4.79 Å². The predicted molar refractivity (Wildman–Crippen MR) is 65.7 cm³/mol. The van der Waals surface area contributed by atoms with Crippen LogP contribution in [0.5, 0.6) is 0 Å². The first kappa shape index (κ1) is 13.4. The summed E-state index contributed by atoms with van der Waals surface area (Å²) < 4.78 is 14.9. The molecule has 2 aromatic rings. The van der Waals surface area contributed by atoms with Crippen molar-refractivity contribution >= 4 is 17.5 Å². The molecule has 19 heavy (non-hydrogen) atoms. The second-order valence-corrected chi connectivity index (χ2v) is 4.01. The van der Waals surface area contributed by atoms with Crippen LogP contribution in [0.1, 0.15) is 10.5 Å². The molecule has 1 aromatic carbocycles. The minimum Gasteiger partial charge on any atom is -0.395 e. The fraction of sp³-hybridized carbons (Fsp3) is 0.182. The molecular formula is C11H10ClFN4O2. The van der Waals surface area contributed by atoms with Crippen molar-refractivity contribution in [3.8, 4) is 5.69 Å². The maximum atomic E-state index is 13.7. The molecule has 0 radical (unpaired) electrons. The average molecular weight is 285 g/mol. The number of nitrogens with zero attached hydrogens (tertiary/aromatic N) is 3. The second kappa shape index (κ2) is 5.77. The van der Waals surface area contributed by atoms with Gasteiger partial charge >= 0.3 is 0 Å². The molecule has 0 atom stereocenters. The Bertz CT molecular complexity index is 602. The monoisotopic (exact) mass is 284 g/mol.